The van der Waals surface area contributed by atoms with Gasteiger partial charge in [-0.3, -0.25) is 13.8 Å². The molecule has 6 nitrogen and oxygen atoms in total. The van der Waals surface area contributed by atoms with Gasteiger partial charge in [0, 0.05) is 6.42 Å². The van der Waals surface area contributed by atoms with Gasteiger partial charge in [0.25, 0.3) is 0 Å². The van der Waals surface area contributed by atoms with Crippen molar-refractivity contribution in [3.8, 4) is 0 Å². The summed E-state index contributed by atoms with van der Waals surface area (Å²) in [6, 6.07) is 0. The minimum Gasteiger partial charge on any atom is -0.463 e. The van der Waals surface area contributed by atoms with E-state index in [1.807, 2.05) is 0 Å². The molecule has 3 unspecified atom stereocenters. The van der Waals surface area contributed by atoms with E-state index in [1.54, 1.807) is 0 Å². The second-order valence-electron chi connectivity index (χ2n) is 8.09. The van der Waals surface area contributed by atoms with Gasteiger partial charge in [0.05, 0.1) is 6.61 Å². The highest BCUT2D eigenvalue weighted by atomic mass is 31.2. The van der Waals surface area contributed by atoms with Crippen LogP contribution in [0.5, 0.6) is 0 Å². The smallest absolute Gasteiger partial charge is 0.463 e. The Hall–Kier alpha value is -0.420. The first-order valence-corrected chi connectivity index (χ1v) is 12.3. The van der Waals surface area contributed by atoms with Crippen molar-refractivity contribution in [3.05, 3.63) is 0 Å². The van der Waals surface area contributed by atoms with Gasteiger partial charge in [0.1, 0.15) is 12.7 Å². The summed E-state index contributed by atoms with van der Waals surface area (Å²) in [5, 5.41) is 0. The van der Waals surface area contributed by atoms with Crippen molar-refractivity contribution < 1.29 is 28.0 Å². The van der Waals surface area contributed by atoms with Crippen molar-refractivity contribution in [2.24, 2.45) is 11.8 Å². The van der Waals surface area contributed by atoms with Gasteiger partial charge in [-0.1, -0.05) is 71.1 Å². The molecule has 1 aliphatic carbocycles. The highest BCUT2D eigenvalue weighted by Gasteiger charge is 2.36. The van der Waals surface area contributed by atoms with Crippen LogP contribution in [0.2, 0.25) is 0 Å². The molecule has 2 fully saturated rings. The van der Waals surface area contributed by atoms with Gasteiger partial charge in [0.2, 0.25) is 0 Å². The monoisotopic (exact) mass is 404 g/mol. The van der Waals surface area contributed by atoms with Crippen LogP contribution in [-0.4, -0.2) is 30.2 Å². The lowest BCUT2D eigenvalue weighted by Crippen LogP contribution is -2.20. The third-order valence-corrected chi connectivity index (χ3v) is 6.63. The lowest BCUT2D eigenvalue weighted by Gasteiger charge is -2.08. The number of phosphoric acid groups is 1. The van der Waals surface area contributed by atoms with E-state index in [2.05, 4.69) is 11.4 Å². The molecule has 1 saturated carbocycles. The highest BCUT2D eigenvalue weighted by molar-refractivity contribution is 7.47. The summed E-state index contributed by atoms with van der Waals surface area (Å²) in [6.45, 7) is 2.23. The Morgan fingerprint density at radius 2 is 1.67 bits per heavy atom. The maximum Gasteiger partial charge on any atom is 0.472 e. The Morgan fingerprint density at radius 1 is 1.04 bits per heavy atom. The van der Waals surface area contributed by atoms with Crippen LogP contribution in [0, 0.1) is 11.8 Å². The SMILES string of the molecule is CCCCCCC1CC1CCCCCCCC(=O)OC[C@@H]1COP(=O)(O)O1. The third-order valence-electron chi connectivity index (χ3n) is 5.59. The molecule has 1 saturated heterocycles. The fourth-order valence-electron chi connectivity index (χ4n) is 3.82. The van der Waals surface area contributed by atoms with Crippen LogP contribution in [0.25, 0.3) is 0 Å². The molecule has 158 valence electrons. The van der Waals surface area contributed by atoms with Crippen LogP contribution in [0.3, 0.4) is 0 Å². The normalized spacial score (nSPS) is 29.8. The number of hydrogen-bond acceptors (Lipinski definition) is 5. The van der Waals surface area contributed by atoms with Crippen molar-refractivity contribution in [1.82, 2.24) is 0 Å². The third kappa shape index (κ3) is 10.1. The summed E-state index contributed by atoms with van der Waals surface area (Å²) in [6.07, 6.45) is 15.2. The molecule has 0 aromatic heterocycles. The predicted octanol–water partition coefficient (Wildman–Crippen LogP) is 5.38. The number of carbonyl (C=O) groups excluding carboxylic acids is 1. The highest BCUT2D eigenvalue weighted by Crippen LogP contribution is 2.49. The van der Waals surface area contributed by atoms with Gasteiger partial charge in [-0.2, -0.15) is 0 Å². The van der Waals surface area contributed by atoms with Crippen LogP contribution < -0.4 is 0 Å². The molecular formula is C20H37O6P. The fourth-order valence-corrected chi connectivity index (χ4v) is 4.73. The topological polar surface area (TPSA) is 82.1 Å². The number of unbranched alkanes of at least 4 members (excludes halogenated alkanes) is 7. The second kappa shape index (κ2) is 12.2. The molecule has 2 rings (SSSR count). The average Bonchev–Trinajstić information content (AvgIpc) is 3.28. The Bertz CT molecular complexity index is 483. The van der Waals surface area contributed by atoms with E-state index in [0.717, 1.165) is 24.7 Å². The largest absolute Gasteiger partial charge is 0.472 e. The van der Waals surface area contributed by atoms with Crippen LogP contribution >= 0.6 is 7.82 Å². The molecule has 27 heavy (non-hydrogen) atoms. The summed E-state index contributed by atoms with van der Waals surface area (Å²) < 4.78 is 25.5. The number of hydrogen-bond donors (Lipinski definition) is 1. The first kappa shape index (κ1) is 22.9. The van der Waals surface area contributed by atoms with Gasteiger partial charge < -0.3 is 9.63 Å². The maximum atomic E-state index is 11.7. The quantitative estimate of drug-likeness (QED) is 0.224. The summed E-state index contributed by atoms with van der Waals surface area (Å²) in [5.41, 5.74) is 0. The molecule has 0 bridgehead atoms. The Kier molecular flexibility index (Phi) is 10.3. The van der Waals surface area contributed by atoms with Crippen molar-refractivity contribution in [2.75, 3.05) is 13.2 Å². The molecule has 1 N–H and O–H groups in total. The molecule has 0 aromatic rings. The van der Waals surface area contributed by atoms with E-state index >= 15 is 0 Å². The zero-order valence-corrected chi connectivity index (χ0v) is 17.7. The van der Waals surface area contributed by atoms with Gasteiger partial charge in [-0.25, -0.2) is 4.57 Å². The van der Waals surface area contributed by atoms with Crippen LogP contribution in [0.4, 0.5) is 0 Å². The van der Waals surface area contributed by atoms with Gasteiger partial charge in [-0.05, 0) is 24.7 Å². The summed E-state index contributed by atoms with van der Waals surface area (Å²) in [7, 11) is -3.90. The van der Waals surface area contributed by atoms with E-state index in [0.29, 0.717) is 6.42 Å². The van der Waals surface area contributed by atoms with Crippen LogP contribution in [0.1, 0.15) is 90.4 Å². The molecule has 0 spiro atoms. The zero-order chi connectivity index (χ0) is 19.5. The Labute approximate surface area is 164 Å². The minimum absolute atomic E-state index is 0.0123. The van der Waals surface area contributed by atoms with Gasteiger partial charge >= 0.3 is 13.8 Å². The Morgan fingerprint density at radius 3 is 2.30 bits per heavy atom. The fraction of sp³-hybridized carbons (Fsp3) is 0.950. The van der Waals surface area contributed by atoms with E-state index in [-0.39, 0.29) is 19.2 Å². The van der Waals surface area contributed by atoms with E-state index in [9.17, 15) is 9.36 Å². The molecule has 2 aliphatic rings. The van der Waals surface area contributed by atoms with Crippen molar-refractivity contribution in [2.45, 2.75) is 96.5 Å². The summed E-state index contributed by atoms with van der Waals surface area (Å²) in [5.74, 6) is 1.74. The first-order chi connectivity index (χ1) is 13.0. The van der Waals surface area contributed by atoms with E-state index in [4.69, 9.17) is 14.2 Å². The number of phosphoric ester groups is 1. The molecule has 7 heteroatoms. The number of rotatable bonds is 15. The average molecular weight is 404 g/mol. The van der Waals surface area contributed by atoms with Crippen LogP contribution in [-0.2, 0) is 23.1 Å². The summed E-state index contributed by atoms with van der Waals surface area (Å²) in [4.78, 5) is 20.7. The minimum atomic E-state index is -3.90. The molecule has 1 heterocycles. The predicted molar refractivity (Wildman–Crippen MR) is 104 cm³/mol. The standard InChI is InChI=1S/C20H37O6P/c1-2-3-4-8-11-17-14-18(17)12-9-6-5-7-10-13-20(21)24-15-19-16-25-27(22,23)26-19/h17-19H,2-16H2,1H3,(H,22,23)/t17?,18?,19-/m1/s1. The molecule has 0 radical (unpaired) electrons. The lowest BCUT2D eigenvalue weighted by atomic mass is 10.0. The van der Waals surface area contributed by atoms with Crippen molar-refractivity contribution >= 4 is 13.8 Å². The summed E-state index contributed by atoms with van der Waals surface area (Å²) >= 11 is 0. The lowest BCUT2D eigenvalue weighted by molar-refractivity contribution is -0.146. The van der Waals surface area contributed by atoms with E-state index < -0.39 is 13.9 Å². The zero-order valence-electron chi connectivity index (χ0n) is 16.8. The van der Waals surface area contributed by atoms with Gasteiger partial charge in [0.15, 0.2) is 0 Å². The molecule has 0 amide bonds. The maximum absolute atomic E-state index is 11.7. The molecule has 0 aromatic carbocycles. The van der Waals surface area contributed by atoms with Gasteiger partial charge in [-0.15, -0.1) is 0 Å². The second-order valence-corrected chi connectivity index (χ2v) is 9.49. The van der Waals surface area contributed by atoms with Crippen LogP contribution in [0.15, 0.2) is 0 Å². The number of ether oxygens (including phenoxy) is 1. The number of carbonyl (C=O) groups is 1. The first-order valence-electron chi connectivity index (χ1n) is 10.8. The molecule has 1 aliphatic heterocycles. The van der Waals surface area contributed by atoms with Crippen molar-refractivity contribution in [1.29, 1.82) is 0 Å². The number of esters is 1. The molecule has 4 atom stereocenters. The molecular weight excluding hydrogens is 367 g/mol. The van der Waals surface area contributed by atoms with E-state index in [1.165, 1.54) is 64.2 Å². The van der Waals surface area contributed by atoms with Crippen molar-refractivity contribution in [3.63, 3.8) is 0 Å². The Balaban J connectivity index is 1.34.